The number of carbonyl (C=O) groups is 1. The number of ether oxygens (including phenoxy) is 2. The molecule has 0 radical (unpaired) electrons. The van der Waals surface area contributed by atoms with Crippen LogP contribution in [0.15, 0.2) is 34.9 Å². The van der Waals surface area contributed by atoms with E-state index in [1.165, 1.54) is 6.26 Å². The second-order valence-corrected chi connectivity index (χ2v) is 7.03. The van der Waals surface area contributed by atoms with Crippen molar-refractivity contribution in [2.75, 3.05) is 50.1 Å². The molecule has 0 atom stereocenters. The highest BCUT2D eigenvalue weighted by atomic mass is 16.5. The highest BCUT2D eigenvalue weighted by molar-refractivity contribution is 5.90. The molecule has 1 N–H and O–H groups in total. The number of carbonyl (C=O) groups excluding carboxylic acids is 1. The molecule has 1 fully saturated rings. The predicted octanol–water partition coefficient (Wildman–Crippen LogP) is 3.29. The second-order valence-electron chi connectivity index (χ2n) is 7.03. The van der Waals surface area contributed by atoms with Gasteiger partial charge in [0.2, 0.25) is 5.71 Å². The van der Waals surface area contributed by atoms with Crippen LogP contribution >= 0.6 is 0 Å². The Labute approximate surface area is 174 Å². The van der Waals surface area contributed by atoms with E-state index in [1.54, 1.807) is 18.1 Å². The number of urea groups is 1. The first-order valence-electron chi connectivity index (χ1n) is 9.92. The van der Waals surface area contributed by atoms with Crippen molar-refractivity contribution in [3.05, 3.63) is 36.1 Å². The maximum atomic E-state index is 12.8. The van der Waals surface area contributed by atoms with Gasteiger partial charge in [-0.15, -0.1) is 0 Å². The van der Waals surface area contributed by atoms with Crippen LogP contribution < -0.4 is 19.7 Å². The normalized spacial score (nSPS) is 14.1. The molecule has 2 amide bonds. The average Bonchev–Trinajstić information content (AvgIpc) is 3.21. The van der Waals surface area contributed by atoms with Crippen LogP contribution in [0.5, 0.6) is 11.6 Å². The number of furan rings is 1. The number of aryl methyl sites for hydroxylation is 1. The minimum Gasteiger partial charge on any atom is -0.497 e. The number of methoxy groups -OCH3 is 1. The van der Waals surface area contributed by atoms with E-state index in [0.717, 1.165) is 30.1 Å². The molecule has 3 aromatic rings. The van der Waals surface area contributed by atoms with Crippen molar-refractivity contribution in [3.63, 3.8) is 0 Å². The standard InChI is InChI=1S/C21H25N5O4/c1-4-29-20-18(22-17-5-10-30-19(17)24-20)23-21(27)26-8-6-25(7-9-26)15-11-14(2)12-16(13-15)28-3/h5,10-13H,4,6-9H2,1-3H3,(H,22,23,27). The number of nitrogens with one attached hydrogen (secondary N) is 1. The fraction of sp³-hybridized carbons (Fsp3) is 0.381. The van der Waals surface area contributed by atoms with Gasteiger partial charge < -0.3 is 23.7 Å². The molecule has 0 spiro atoms. The van der Waals surface area contributed by atoms with E-state index in [0.29, 0.717) is 36.7 Å². The van der Waals surface area contributed by atoms with Crippen molar-refractivity contribution in [1.82, 2.24) is 14.9 Å². The summed E-state index contributed by atoms with van der Waals surface area (Å²) in [5.74, 6) is 1.38. The minimum atomic E-state index is -0.227. The SMILES string of the molecule is CCOc1nc2occc2nc1NC(=O)N1CCN(c2cc(C)cc(OC)c2)CC1. The zero-order valence-corrected chi connectivity index (χ0v) is 17.3. The van der Waals surface area contributed by atoms with Gasteiger partial charge in [0.05, 0.1) is 20.0 Å². The monoisotopic (exact) mass is 411 g/mol. The second kappa shape index (κ2) is 8.48. The van der Waals surface area contributed by atoms with Crippen molar-refractivity contribution < 1.29 is 18.7 Å². The van der Waals surface area contributed by atoms with Crippen LogP contribution in [0, 0.1) is 6.92 Å². The number of hydrogen-bond donors (Lipinski definition) is 1. The predicted molar refractivity (Wildman–Crippen MR) is 114 cm³/mol. The van der Waals surface area contributed by atoms with E-state index in [4.69, 9.17) is 13.9 Å². The topological polar surface area (TPSA) is 93.0 Å². The van der Waals surface area contributed by atoms with Gasteiger partial charge in [0, 0.05) is 44.0 Å². The van der Waals surface area contributed by atoms with E-state index in [1.807, 2.05) is 26.0 Å². The Morgan fingerprint density at radius 3 is 2.73 bits per heavy atom. The number of anilines is 2. The van der Waals surface area contributed by atoms with Gasteiger partial charge in [-0.2, -0.15) is 4.98 Å². The largest absolute Gasteiger partial charge is 0.497 e. The van der Waals surface area contributed by atoms with Crippen LogP contribution in [0.4, 0.5) is 16.3 Å². The summed E-state index contributed by atoms with van der Waals surface area (Å²) in [5, 5.41) is 2.84. The summed E-state index contributed by atoms with van der Waals surface area (Å²) in [4.78, 5) is 25.6. The van der Waals surface area contributed by atoms with E-state index in [9.17, 15) is 4.79 Å². The molecule has 0 saturated carbocycles. The number of piperazine rings is 1. The van der Waals surface area contributed by atoms with Crippen molar-refractivity contribution in [2.24, 2.45) is 0 Å². The molecular weight excluding hydrogens is 386 g/mol. The lowest BCUT2D eigenvalue weighted by atomic mass is 10.1. The molecule has 1 aliphatic heterocycles. The highest BCUT2D eigenvalue weighted by Gasteiger charge is 2.24. The summed E-state index contributed by atoms with van der Waals surface area (Å²) in [6.45, 7) is 6.93. The number of nitrogens with zero attached hydrogens (tertiary/aromatic N) is 4. The fourth-order valence-corrected chi connectivity index (χ4v) is 3.47. The molecular formula is C21H25N5O4. The van der Waals surface area contributed by atoms with Crippen molar-refractivity contribution >= 4 is 28.8 Å². The van der Waals surface area contributed by atoms with Gasteiger partial charge in [0.15, 0.2) is 5.82 Å². The smallest absolute Gasteiger partial charge is 0.323 e. The molecule has 9 nitrogen and oxygen atoms in total. The number of hydrogen-bond acceptors (Lipinski definition) is 7. The summed E-state index contributed by atoms with van der Waals surface area (Å²) in [6.07, 6.45) is 1.51. The van der Waals surface area contributed by atoms with Gasteiger partial charge in [-0.3, -0.25) is 5.32 Å². The van der Waals surface area contributed by atoms with Gasteiger partial charge in [0.1, 0.15) is 11.3 Å². The van der Waals surface area contributed by atoms with Gasteiger partial charge in [0.25, 0.3) is 5.88 Å². The average molecular weight is 411 g/mol. The van der Waals surface area contributed by atoms with Gasteiger partial charge >= 0.3 is 6.03 Å². The molecule has 0 aliphatic carbocycles. The lowest BCUT2D eigenvalue weighted by Gasteiger charge is -2.36. The third kappa shape index (κ3) is 4.10. The molecule has 2 aromatic heterocycles. The first-order valence-corrected chi connectivity index (χ1v) is 9.92. The lowest BCUT2D eigenvalue weighted by Crippen LogP contribution is -2.50. The minimum absolute atomic E-state index is 0.227. The molecule has 30 heavy (non-hydrogen) atoms. The number of fused-ring (bicyclic) bond motifs is 1. The molecule has 3 heterocycles. The van der Waals surface area contributed by atoms with E-state index in [-0.39, 0.29) is 11.9 Å². The quantitative estimate of drug-likeness (QED) is 0.689. The summed E-state index contributed by atoms with van der Waals surface area (Å²) in [5.41, 5.74) is 3.17. The molecule has 4 rings (SSSR count). The van der Waals surface area contributed by atoms with Crippen molar-refractivity contribution in [3.8, 4) is 11.6 Å². The molecule has 158 valence electrons. The van der Waals surface area contributed by atoms with Crippen LogP contribution in [0.1, 0.15) is 12.5 Å². The highest BCUT2D eigenvalue weighted by Crippen LogP contribution is 2.26. The number of rotatable bonds is 5. The van der Waals surface area contributed by atoms with Gasteiger partial charge in [-0.25, -0.2) is 9.78 Å². The third-order valence-electron chi connectivity index (χ3n) is 4.97. The Balaban J connectivity index is 1.43. The molecule has 1 aromatic carbocycles. The Morgan fingerprint density at radius 1 is 1.20 bits per heavy atom. The first-order chi connectivity index (χ1) is 14.6. The number of amides is 2. The molecule has 0 bridgehead atoms. The Hall–Kier alpha value is -3.49. The summed E-state index contributed by atoms with van der Waals surface area (Å²) in [6, 6.07) is 7.62. The van der Waals surface area contributed by atoms with Crippen LogP contribution in [0.25, 0.3) is 11.2 Å². The molecule has 1 aliphatic rings. The fourth-order valence-electron chi connectivity index (χ4n) is 3.47. The number of aromatic nitrogens is 2. The third-order valence-corrected chi connectivity index (χ3v) is 4.97. The molecule has 9 heteroatoms. The summed E-state index contributed by atoms with van der Waals surface area (Å²) < 4.78 is 16.2. The molecule has 1 saturated heterocycles. The first kappa shape index (κ1) is 19.8. The van der Waals surface area contributed by atoms with Crippen LogP contribution in [-0.2, 0) is 0 Å². The Morgan fingerprint density at radius 2 is 2.00 bits per heavy atom. The van der Waals surface area contributed by atoms with Gasteiger partial charge in [-0.05, 0) is 31.5 Å². The maximum Gasteiger partial charge on any atom is 0.323 e. The van der Waals surface area contributed by atoms with Crippen LogP contribution in [-0.4, -0.2) is 60.8 Å². The van der Waals surface area contributed by atoms with Gasteiger partial charge in [-0.1, -0.05) is 0 Å². The lowest BCUT2D eigenvalue weighted by molar-refractivity contribution is 0.208. The Kier molecular flexibility index (Phi) is 5.60. The Bertz CT molecular complexity index is 1040. The maximum absolute atomic E-state index is 12.8. The summed E-state index contributed by atoms with van der Waals surface area (Å²) >= 11 is 0. The molecule has 0 unspecified atom stereocenters. The van der Waals surface area contributed by atoms with Crippen molar-refractivity contribution in [1.29, 1.82) is 0 Å². The summed E-state index contributed by atoms with van der Waals surface area (Å²) in [7, 11) is 1.67. The van der Waals surface area contributed by atoms with Crippen LogP contribution in [0.3, 0.4) is 0 Å². The van der Waals surface area contributed by atoms with E-state index < -0.39 is 0 Å². The van der Waals surface area contributed by atoms with Crippen LogP contribution in [0.2, 0.25) is 0 Å². The zero-order valence-electron chi connectivity index (χ0n) is 17.3. The zero-order chi connectivity index (χ0) is 21.1. The van der Waals surface area contributed by atoms with Crippen molar-refractivity contribution in [2.45, 2.75) is 13.8 Å². The van der Waals surface area contributed by atoms with E-state index in [2.05, 4.69) is 26.3 Å². The number of benzene rings is 1. The van der Waals surface area contributed by atoms with E-state index >= 15 is 0 Å².